The number of hydrogen-bond donors (Lipinski definition) is 2. The van der Waals surface area contributed by atoms with Gasteiger partial charge in [-0.1, -0.05) is 43.7 Å². The molecule has 0 fully saturated rings. The zero-order valence-electron chi connectivity index (χ0n) is 14.6. The molecule has 0 heterocycles. The van der Waals surface area contributed by atoms with Crippen LogP contribution in [0.5, 0.6) is 0 Å². The molecule has 2 N–H and O–H groups in total. The van der Waals surface area contributed by atoms with Crippen LogP contribution in [0.25, 0.3) is 0 Å². The Kier molecular flexibility index (Phi) is 5.19. The first-order chi connectivity index (χ1) is 11.7. The molecule has 1 atom stereocenters. The Morgan fingerprint density at radius 1 is 1.08 bits per heavy atom. The van der Waals surface area contributed by atoms with Gasteiger partial charge in [0.05, 0.1) is 6.04 Å². The lowest BCUT2D eigenvalue weighted by Gasteiger charge is -2.16. The molecule has 3 rings (SSSR count). The van der Waals surface area contributed by atoms with E-state index >= 15 is 0 Å². The van der Waals surface area contributed by atoms with Gasteiger partial charge in [0.25, 0.3) is 0 Å². The van der Waals surface area contributed by atoms with Gasteiger partial charge in [0, 0.05) is 5.69 Å². The molecular formula is C21H26N2O. The van der Waals surface area contributed by atoms with Gasteiger partial charge in [0.1, 0.15) is 0 Å². The second kappa shape index (κ2) is 7.52. The van der Waals surface area contributed by atoms with Gasteiger partial charge < -0.3 is 10.6 Å². The van der Waals surface area contributed by atoms with Crippen molar-refractivity contribution in [3.05, 3.63) is 64.7 Å². The molecular weight excluding hydrogens is 296 g/mol. The fourth-order valence-electron chi connectivity index (χ4n) is 3.36. The minimum atomic E-state index is -0.155. The van der Waals surface area contributed by atoms with Crippen LogP contribution in [0.1, 0.15) is 55.0 Å². The number of anilines is 1. The Hall–Kier alpha value is -2.29. The molecule has 0 spiro atoms. The monoisotopic (exact) mass is 322 g/mol. The number of carbonyl (C=O) groups is 1. The maximum atomic E-state index is 12.2. The van der Waals surface area contributed by atoms with Crippen LogP contribution < -0.4 is 10.6 Å². The van der Waals surface area contributed by atoms with Crippen molar-refractivity contribution < 1.29 is 4.79 Å². The van der Waals surface area contributed by atoms with Crippen LogP contribution in [0.3, 0.4) is 0 Å². The Morgan fingerprint density at radius 3 is 2.58 bits per heavy atom. The fourth-order valence-corrected chi connectivity index (χ4v) is 3.36. The van der Waals surface area contributed by atoms with Crippen molar-refractivity contribution in [3.63, 3.8) is 0 Å². The number of benzene rings is 2. The number of rotatable bonds is 5. The van der Waals surface area contributed by atoms with Gasteiger partial charge in [-0.25, -0.2) is 4.79 Å². The standard InChI is InChI=1S/C21H26N2O/c1-3-5-16-8-10-17(11-9-16)15(2)22-21(24)23-20-13-12-18-6-4-7-19(18)14-20/h8-15H,3-7H2,1-2H3,(H2,22,23,24)/t15-/m0/s1. The van der Waals surface area contributed by atoms with Crippen LogP contribution in [-0.4, -0.2) is 6.03 Å². The minimum Gasteiger partial charge on any atom is -0.331 e. The van der Waals surface area contributed by atoms with Gasteiger partial charge >= 0.3 is 6.03 Å². The van der Waals surface area contributed by atoms with Gasteiger partial charge in [-0.15, -0.1) is 0 Å². The SMILES string of the molecule is CCCc1ccc([C@H](C)NC(=O)Nc2ccc3c(c2)CCC3)cc1. The molecule has 2 amide bonds. The maximum absolute atomic E-state index is 12.2. The van der Waals surface area contributed by atoms with Crippen molar-refractivity contribution >= 4 is 11.7 Å². The first-order valence-electron chi connectivity index (χ1n) is 8.94. The summed E-state index contributed by atoms with van der Waals surface area (Å²) < 4.78 is 0. The van der Waals surface area contributed by atoms with E-state index in [1.165, 1.54) is 23.1 Å². The second-order valence-electron chi connectivity index (χ2n) is 6.65. The summed E-state index contributed by atoms with van der Waals surface area (Å²) in [5, 5.41) is 5.97. The van der Waals surface area contributed by atoms with Gasteiger partial charge in [-0.2, -0.15) is 0 Å². The maximum Gasteiger partial charge on any atom is 0.319 e. The second-order valence-corrected chi connectivity index (χ2v) is 6.65. The highest BCUT2D eigenvalue weighted by molar-refractivity contribution is 5.89. The van der Waals surface area contributed by atoms with Crippen LogP contribution in [0.4, 0.5) is 10.5 Å². The summed E-state index contributed by atoms with van der Waals surface area (Å²) in [4.78, 5) is 12.2. The van der Waals surface area contributed by atoms with Gasteiger partial charge in [-0.3, -0.25) is 0 Å². The highest BCUT2D eigenvalue weighted by Crippen LogP contribution is 2.25. The molecule has 1 aliphatic rings. The summed E-state index contributed by atoms with van der Waals surface area (Å²) in [6.07, 6.45) is 5.74. The molecule has 126 valence electrons. The van der Waals surface area contributed by atoms with Crippen molar-refractivity contribution in [3.8, 4) is 0 Å². The Balaban J connectivity index is 1.57. The average Bonchev–Trinajstić information content (AvgIpc) is 3.03. The van der Waals surface area contributed by atoms with Crippen molar-refractivity contribution in [2.24, 2.45) is 0 Å². The number of hydrogen-bond acceptors (Lipinski definition) is 1. The number of urea groups is 1. The summed E-state index contributed by atoms with van der Waals surface area (Å²) in [6.45, 7) is 4.19. The molecule has 0 radical (unpaired) electrons. The third-order valence-electron chi connectivity index (χ3n) is 4.72. The van der Waals surface area contributed by atoms with E-state index in [0.29, 0.717) is 0 Å². The van der Waals surface area contributed by atoms with E-state index in [9.17, 15) is 4.79 Å². The summed E-state index contributed by atoms with van der Waals surface area (Å²) in [5.41, 5.74) is 6.13. The predicted molar refractivity (Wildman–Crippen MR) is 99.5 cm³/mol. The van der Waals surface area contributed by atoms with Crippen LogP contribution in [-0.2, 0) is 19.3 Å². The lowest BCUT2D eigenvalue weighted by atomic mass is 10.0. The number of amides is 2. The molecule has 0 aliphatic heterocycles. The quantitative estimate of drug-likeness (QED) is 0.798. The minimum absolute atomic E-state index is 0.0184. The summed E-state index contributed by atoms with van der Waals surface area (Å²) in [7, 11) is 0. The number of aryl methyl sites for hydroxylation is 3. The van der Waals surface area contributed by atoms with E-state index in [1.807, 2.05) is 13.0 Å². The van der Waals surface area contributed by atoms with Crippen molar-refractivity contribution in [1.82, 2.24) is 5.32 Å². The Morgan fingerprint density at radius 2 is 1.83 bits per heavy atom. The zero-order chi connectivity index (χ0) is 16.9. The third kappa shape index (κ3) is 3.97. The molecule has 0 saturated heterocycles. The Labute approximate surface area is 144 Å². The number of carbonyl (C=O) groups excluding carboxylic acids is 1. The first-order valence-corrected chi connectivity index (χ1v) is 8.94. The average molecular weight is 322 g/mol. The molecule has 0 aromatic heterocycles. The molecule has 3 nitrogen and oxygen atoms in total. The van der Waals surface area contributed by atoms with E-state index in [4.69, 9.17) is 0 Å². The van der Waals surface area contributed by atoms with Crippen LogP contribution in [0, 0.1) is 0 Å². The number of nitrogens with one attached hydrogen (secondary N) is 2. The van der Waals surface area contributed by atoms with Crippen LogP contribution in [0.2, 0.25) is 0 Å². The predicted octanol–water partition coefficient (Wildman–Crippen LogP) is 5.01. The normalized spacial score (nSPS) is 14.1. The molecule has 0 unspecified atom stereocenters. The smallest absolute Gasteiger partial charge is 0.319 e. The third-order valence-corrected chi connectivity index (χ3v) is 4.72. The van der Waals surface area contributed by atoms with Gasteiger partial charge in [-0.05, 0) is 67.0 Å². The Bertz CT molecular complexity index is 706. The van der Waals surface area contributed by atoms with E-state index in [0.717, 1.165) is 36.9 Å². The molecule has 24 heavy (non-hydrogen) atoms. The molecule has 2 aromatic rings. The molecule has 0 bridgehead atoms. The fraction of sp³-hybridized carbons (Fsp3) is 0.381. The zero-order valence-corrected chi connectivity index (χ0v) is 14.6. The van der Waals surface area contributed by atoms with Crippen LogP contribution in [0.15, 0.2) is 42.5 Å². The highest BCUT2D eigenvalue weighted by atomic mass is 16.2. The lowest BCUT2D eigenvalue weighted by molar-refractivity contribution is 0.249. The summed E-state index contributed by atoms with van der Waals surface area (Å²) >= 11 is 0. The van der Waals surface area contributed by atoms with E-state index < -0.39 is 0 Å². The van der Waals surface area contributed by atoms with Gasteiger partial charge in [0.2, 0.25) is 0 Å². The van der Waals surface area contributed by atoms with E-state index in [-0.39, 0.29) is 12.1 Å². The van der Waals surface area contributed by atoms with E-state index in [1.54, 1.807) is 0 Å². The summed E-state index contributed by atoms with van der Waals surface area (Å²) in [6, 6.07) is 14.6. The molecule has 3 heteroatoms. The molecule has 0 saturated carbocycles. The van der Waals surface area contributed by atoms with Crippen LogP contribution >= 0.6 is 0 Å². The highest BCUT2D eigenvalue weighted by Gasteiger charge is 2.13. The van der Waals surface area contributed by atoms with Crippen molar-refractivity contribution in [2.45, 2.75) is 52.0 Å². The van der Waals surface area contributed by atoms with Crippen molar-refractivity contribution in [1.29, 1.82) is 0 Å². The number of fused-ring (bicyclic) bond motifs is 1. The van der Waals surface area contributed by atoms with E-state index in [2.05, 4.69) is 54.0 Å². The first kappa shape index (κ1) is 16.6. The van der Waals surface area contributed by atoms with Crippen molar-refractivity contribution in [2.75, 3.05) is 5.32 Å². The summed E-state index contributed by atoms with van der Waals surface area (Å²) in [5.74, 6) is 0. The lowest BCUT2D eigenvalue weighted by Crippen LogP contribution is -2.31. The van der Waals surface area contributed by atoms with Gasteiger partial charge in [0.15, 0.2) is 0 Å². The topological polar surface area (TPSA) is 41.1 Å². The molecule has 1 aliphatic carbocycles. The molecule has 2 aromatic carbocycles. The largest absolute Gasteiger partial charge is 0.331 e.